The summed E-state index contributed by atoms with van der Waals surface area (Å²) in [6.45, 7) is 1.30. The maximum absolute atomic E-state index is 12.5. The predicted octanol–water partition coefficient (Wildman–Crippen LogP) is 2.32. The molecule has 1 saturated heterocycles. The van der Waals surface area contributed by atoms with Crippen molar-refractivity contribution in [3.8, 4) is 0 Å². The van der Waals surface area contributed by atoms with Crippen molar-refractivity contribution in [2.75, 3.05) is 18.1 Å². The molecule has 0 bridgehead atoms. The van der Waals surface area contributed by atoms with Gasteiger partial charge in [-0.05, 0) is 42.7 Å². The van der Waals surface area contributed by atoms with Gasteiger partial charge < -0.3 is 10.1 Å². The van der Waals surface area contributed by atoms with Gasteiger partial charge >= 0.3 is 0 Å². The second-order valence-corrected chi connectivity index (χ2v) is 6.77. The van der Waals surface area contributed by atoms with Crippen LogP contribution in [-0.4, -0.2) is 37.0 Å². The molecule has 2 aromatic carbocycles. The zero-order valence-corrected chi connectivity index (χ0v) is 14.8. The Hall–Kier alpha value is -2.99. The molecule has 2 aliphatic rings. The Morgan fingerprint density at radius 3 is 2.30 bits per heavy atom. The van der Waals surface area contributed by atoms with Crippen LogP contribution >= 0.6 is 0 Å². The van der Waals surface area contributed by atoms with Crippen LogP contribution in [0.2, 0.25) is 0 Å². The maximum Gasteiger partial charge on any atom is 0.266 e. The molecule has 6 heteroatoms. The van der Waals surface area contributed by atoms with Crippen LogP contribution in [0.1, 0.15) is 39.1 Å². The van der Waals surface area contributed by atoms with E-state index in [2.05, 4.69) is 5.32 Å². The minimum absolute atomic E-state index is 0.0704. The summed E-state index contributed by atoms with van der Waals surface area (Å²) in [7, 11) is 0. The number of nitrogens with zero attached hydrogens (tertiary/aromatic N) is 1. The van der Waals surface area contributed by atoms with Gasteiger partial charge in [-0.2, -0.15) is 0 Å². The van der Waals surface area contributed by atoms with Crippen molar-refractivity contribution in [1.82, 2.24) is 5.32 Å². The van der Waals surface area contributed by atoms with Crippen LogP contribution in [0.4, 0.5) is 5.69 Å². The molecule has 138 valence electrons. The summed E-state index contributed by atoms with van der Waals surface area (Å²) in [5.74, 6) is -0.714. The lowest BCUT2D eigenvalue weighted by molar-refractivity contribution is -0.120. The summed E-state index contributed by atoms with van der Waals surface area (Å²) in [5, 5.41) is 2.89. The number of hydrogen-bond acceptors (Lipinski definition) is 4. The van der Waals surface area contributed by atoms with Crippen LogP contribution in [-0.2, 0) is 16.0 Å². The van der Waals surface area contributed by atoms with Gasteiger partial charge in [-0.1, -0.05) is 24.3 Å². The molecule has 3 amide bonds. The summed E-state index contributed by atoms with van der Waals surface area (Å²) in [4.78, 5) is 38.3. The third kappa shape index (κ3) is 3.48. The van der Waals surface area contributed by atoms with Gasteiger partial charge in [0.1, 0.15) is 0 Å². The summed E-state index contributed by atoms with van der Waals surface area (Å²) in [6, 6.07) is 13.7. The van der Waals surface area contributed by atoms with Crippen molar-refractivity contribution in [3.63, 3.8) is 0 Å². The van der Waals surface area contributed by atoms with E-state index in [-0.39, 0.29) is 30.2 Å². The van der Waals surface area contributed by atoms with Gasteiger partial charge in [0.15, 0.2) is 0 Å². The quantitative estimate of drug-likeness (QED) is 0.826. The van der Waals surface area contributed by atoms with Gasteiger partial charge in [-0.15, -0.1) is 0 Å². The third-order valence-electron chi connectivity index (χ3n) is 4.90. The van der Waals surface area contributed by atoms with Crippen LogP contribution in [0.5, 0.6) is 0 Å². The molecule has 2 aromatic rings. The second-order valence-electron chi connectivity index (χ2n) is 6.77. The Balaban J connectivity index is 1.40. The maximum atomic E-state index is 12.5. The van der Waals surface area contributed by atoms with E-state index in [0.29, 0.717) is 23.4 Å². The zero-order valence-electron chi connectivity index (χ0n) is 14.8. The largest absolute Gasteiger partial charge is 0.376 e. The van der Waals surface area contributed by atoms with Gasteiger partial charge in [0.2, 0.25) is 5.91 Å². The van der Waals surface area contributed by atoms with Gasteiger partial charge in [-0.3, -0.25) is 14.4 Å². The average Bonchev–Trinajstić information content (AvgIpc) is 3.29. The van der Waals surface area contributed by atoms with Crippen LogP contribution in [0.15, 0.2) is 48.5 Å². The van der Waals surface area contributed by atoms with Gasteiger partial charge in [0.25, 0.3) is 11.8 Å². The molecular formula is C21H20N2O4. The molecule has 4 rings (SSSR count). The number of hydrogen-bond donors (Lipinski definition) is 1. The molecule has 1 fully saturated rings. The molecule has 1 N–H and O–H groups in total. The number of carbonyl (C=O) groups excluding carboxylic acids is 3. The number of rotatable bonds is 5. The number of carbonyl (C=O) groups is 3. The first-order valence-electron chi connectivity index (χ1n) is 9.08. The number of imide groups is 1. The fourth-order valence-corrected chi connectivity index (χ4v) is 3.47. The van der Waals surface area contributed by atoms with Crippen LogP contribution in [0, 0.1) is 0 Å². The fourth-order valence-electron chi connectivity index (χ4n) is 3.47. The Morgan fingerprint density at radius 1 is 1.04 bits per heavy atom. The molecule has 0 saturated carbocycles. The smallest absolute Gasteiger partial charge is 0.266 e. The standard InChI is InChI=1S/C21H20N2O4/c24-19(22-13-16-4-3-11-27-16)12-14-7-9-15(10-8-14)23-20(25)17-5-1-2-6-18(17)21(23)26/h1-2,5-10,16H,3-4,11-13H2,(H,22,24). The average molecular weight is 364 g/mol. The van der Waals surface area contributed by atoms with E-state index in [4.69, 9.17) is 4.74 Å². The highest BCUT2D eigenvalue weighted by molar-refractivity contribution is 6.34. The van der Waals surface area contributed by atoms with E-state index < -0.39 is 0 Å². The predicted molar refractivity (Wildman–Crippen MR) is 99.7 cm³/mol. The molecule has 27 heavy (non-hydrogen) atoms. The zero-order chi connectivity index (χ0) is 18.8. The van der Waals surface area contributed by atoms with Crippen LogP contribution in [0.3, 0.4) is 0 Å². The summed E-state index contributed by atoms with van der Waals surface area (Å²) < 4.78 is 5.49. The van der Waals surface area contributed by atoms with Gasteiger partial charge in [0, 0.05) is 13.2 Å². The lowest BCUT2D eigenvalue weighted by Crippen LogP contribution is -2.32. The van der Waals surface area contributed by atoms with Crippen LogP contribution in [0.25, 0.3) is 0 Å². The number of fused-ring (bicyclic) bond motifs is 1. The molecule has 0 aliphatic carbocycles. The highest BCUT2D eigenvalue weighted by Crippen LogP contribution is 2.28. The Kier molecular flexibility index (Phi) is 4.73. The van der Waals surface area contributed by atoms with E-state index in [1.54, 1.807) is 48.5 Å². The lowest BCUT2D eigenvalue weighted by Gasteiger charge is -2.14. The third-order valence-corrected chi connectivity index (χ3v) is 4.90. The molecule has 0 radical (unpaired) electrons. The highest BCUT2D eigenvalue weighted by Gasteiger charge is 2.36. The van der Waals surface area contributed by atoms with Crippen molar-refractivity contribution in [2.45, 2.75) is 25.4 Å². The second kappa shape index (κ2) is 7.32. The van der Waals surface area contributed by atoms with Crippen molar-refractivity contribution < 1.29 is 19.1 Å². The van der Waals surface area contributed by atoms with E-state index in [0.717, 1.165) is 25.0 Å². The molecule has 1 unspecified atom stereocenters. The molecule has 2 heterocycles. The first-order valence-corrected chi connectivity index (χ1v) is 9.08. The number of nitrogens with one attached hydrogen (secondary N) is 1. The van der Waals surface area contributed by atoms with Crippen LogP contribution < -0.4 is 10.2 Å². The first kappa shape index (κ1) is 17.4. The highest BCUT2D eigenvalue weighted by atomic mass is 16.5. The minimum Gasteiger partial charge on any atom is -0.376 e. The van der Waals surface area contributed by atoms with Crippen molar-refractivity contribution in [2.24, 2.45) is 0 Å². The number of ether oxygens (including phenoxy) is 1. The van der Waals surface area contributed by atoms with E-state index in [1.165, 1.54) is 4.90 Å². The van der Waals surface area contributed by atoms with Crippen molar-refractivity contribution >= 4 is 23.4 Å². The number of benzene rings is 2. The topological polar surface area (TPSA) is 75.7 Å². The molecule has 0 aromatic heterocycles. The monoisotopic (exact) mass is 364 g/mol. The summed E-state index contributed by atoms with van der Waals surface area (Å²) >= 11 is 0. The van der Waals surface area contributed by atoms with E-state index >= 15 is 0 Å². The molecule has 1 atom stereocenters. The molecule has 6 nitrogen and oxygen atoms in total. The summed E-state index contributed by atoms with van der Waals surface area (Å²) in [6.07, 6.45) is 2.38. The molecular weight excluding hydrogens is 344 g/mol. The summed E-state index contributed by atoms with van der Waals surface area (Å²) in [5.41, 5.74) is 2.16. The van der Waals surface area contributed by atoms with E-state index in [9.17, 15) is 14.4 Å². The van der Waals surface area contributed by atoms with Gasteiger partial charge in [-0.25, -0.2) is 4.90 Å². The SMILES string of the molecule is O=C(Cc1ccc(N2C(=O)c3ccccc3C2=O)cc1)NCC1CCCO1. The normalized spacial score (nSPS) is 18.7. The lowest BCUT2D eigenvalue weighted by atomic mass is 10.1. The molecule has 0 spiro atoms. The minimum atomic E-state index is -0.322. The molecule has 2 aliphatic heterocycles. The Bertz CT molecular complexity index is 850. The number of anilines is 1. The fraction of sp³-hybridized carbons (Fsp3) is 0.286. The Labute approximate surface area is 157 Å². The number of amides is 3. The van der Waals surface area contributed by atoms with Crippen molar-refractivity contribution in [3.05, 3.63) is 65.2 Å². The van der Waals surface area contributed by atoms with Gasteiger partial charge in [0.05, 0.1) is 29.3 Å². The van der Waals surface area contributed by atoms with Crippen molar-refractivity contribution in [1.29, 1.82) is 0 Å². The first-order chi connectivity index (χ1) is 13.1. The van der Waals surface area contributed by atoms with E-state index in [1.807, 2.05) is 0 Å². The Morgan fingerprint density at radius 2 is 1.70 bits per heavy atom.